The summed E-state index contributed by atoms with van der Waals surface area (Å²) in [5.74, 6) is -1.13. The molecule has 0 saturated heterocycles. The number of carbonyl (C=O) groups excluding carboxylic acids is 1. The summed E-state index contributed by atoms with van der Waals surface area (Å²) in [7, 11) is 0. The summed E-state index contributed by atoms with van der Waals surface area (Å²) in [6.45, 7) is 0. The molecule has 0 aliphatic heterocycles. The third-order valence-electron chi connectivity index (χ3n) is 4.19. The van der Waals surface area contributed by atoms with Crippen molar-refractivity contribution in [2.45, 2.75) is 12.8 Å². The summed E-state index contributed by atoms with van der Waals surface area (Å²) in [6, 6.07) is 12.7. The van der Waals surface area contributed by atoms with Crippen LogP contribution in [0.15, 0.2) is 65.3 Å². The van der Waals surface area contributed by atoms with Gasteiger partial charge in [-0.05, 0) is 24.3 Å². The summed E-state index contributed by atoms with van der Waals surface area (Å²) in [5.41, 5.74) is 1.57. The molecule has 1 N–H and O–H groups in total. The second-order valence-corrected chi connectivity index (χ2v) is 6.21. The largest absolute Gasteiger partial charge is 0.441 e. The van der Waals surface area contributed by atoms with E-state index in [1.54, 1.807) is 6.20 Å². The van der Waals surface area contributed by atoms with Crippen molar-refractivity contribution in [2.75, 3.05) is 5.32 Å². The predicted molar refractivity (Wildman–Crippen MR) is 101 cm³/mol. The number of rotatable bonds is 5. The molecule has 1 amide bonds. The minimum Gasteiger partial charge on any atom is -0.441 e. The first-order chi connectivity index (χ1) is 13.6. The predicted octanol–water partition coefficient (Wildman–Crippen LogP) is 4.74. The number of carbonyl (C=O) groups is 1. The van der Waals surface area contributed by atoms with E-state index < -0.39 is 11.6 Å². The van der Waals surface area contributed by atoms with Crippen LogP contribution < -0.4 is 5.32 Å². The second kappa shape index (κ2) is 7.56. The third-order valence-corrected chi connectivity index (χ3v) is 4.19. The monoisotopic (exact) mass is 379 g/mol. The molecule has 0 radical (unpaired) electrons. The smallest absolute Gasteiger partial charge is 0.224 e. The number of benzene rings is 2. The fraction of sp³-hybridized carbons (Fsp3) is 0.0952. The lowest BCUT2D eigenvalue weighted by molar-refractivity contribution is -0.116. The molecule has 5 nitrogen and oxygen atoms in total. The van der Waals surface area contributed by atoms with Gasteiger partial charge in [0.1, 0.15) is 11.6 Å². The molecule has 0 fully saturated rings. The van der Waals surface area contributed by atoms with Gasteiger partial charge in [0.25, 0.3) is 0 Å². The maximum absolute atomic E-state index is 13.8. The van der Waals surface area contributed by atoms with Crippen LogP contribution in [0, 0.1) is 11.6 Å². The first kappa shape index (κ1) is 17.8. The zero-order chi connectivity index (χ0) is 19.5. The van der Waals surface area contributed by atoms with Crippen molar-refractivity contribution < 1.29 is 18.0 Å². The van der Waals surface area contributed by atoms with Crippen LogP contribution in [0.4, 0.5) is 14.5 Å². The van der Waals surface area contributed by atoms with Crippen molar-refractivity contribution >= 4 is 22.5 Å². The highest BCUT2D eigenvalue weighted by Crippen LogP contribution is 2.24. The van der Waals surface area contributed by atoms with Crippen LogP contribution in [0.1, 0.15) is 12.3 Å². The van der Waals surface area contributed by atoms with E-state index in [2.05, 4.69) is 15.3 Å². The highest BCUT2D eigenvalue weighted by Gasteiger charge is 2.13. The van der Waals surface area contributed by atoms with Crippen molar-refractivity contribution in [3.63, 3.8) is 0 Å². The Morgan fingerprint density at radius 2 is 1.89 bits per heavy atom. The van der Waals surface area contributed by atoms with E-state index in [0.29, 0.717) is 11.6 Å². The molecule has 0 aliphatic carbocycles. The lowest BCUT2D eigenvalue weighted by Gasteiger charge is -2.05. The summed E-state index contributed by atoms with van der Waals surface area (Å²) in [6.07, 6.45) is 3.34. The molecular weight excluding hydrogens is 364 g/mol. The molecule has 0 saturated carbocycles. The van der Waals surface area contributed by atoms with Gasteiger partial charge in [-0.2, -0.15) is 0 Å². The second-order valence-electron chi connectivity index (χ2n) is 6.21. The molecule has 0 unspecified atom stereocenters. The summed E-state index contributed by atoms with van der Waals surface area (Å²) < 4.78 is 32.3. The molecule has 0 bridgehead atoms. The fourth-order valence-corrected chi connectivity index (χ4v) is 2.82. The van der Waals surface area contributed by atoms with E-state index >= 15 is 0 Å². The van der Waals surface area contributed by atoms with E-state index in [1.807, 2.05) is 30.3 Å². The van der Waals surface area contributed by atoms with Gasteiger partial charge in [0.05, 0.1) is 29.2 Å². The number of aryl methyl sites for hydroxylation is 1. The summed E-state index contributed by atoms with van der Waals surface area (Å²) >= 11 is 0. The first-order valence-electron chi connectivity index (χ1n) is 8.63. The Balaban J connectivity index is 1.39. The van der Waals surface area contributed by atoms with E-state index in [9.17, 15) is 13.6 Å². The van der Waals surface area contributed by atoms with E-state index in [0.717, 1.165) is 23.0 Å². The zero-order valence-corrected chi connectivity index (χ0v) is 14.7. The van der Waals surface area contributed by atoms with Crippen LogP contribution in [0.3, 0.4) is 0 Å². The quantitative estimate of drug-likeness (QED) is 0.544. The molecule has 0 aliphatic rings. The van der Waals surface area contributed by atoms with Crippen LogP contribution in [0.5, 0.6) is 0 Å². The highest BCUT2D eigenvalue weighted by atomic mass is 19.1. The molecule has 2 heterocycles. The van der Waals surface area contributed by atoms with Crippen molar-refractivity contribution in [1.82, 2.24) is 9.97 Å². The van der Waals surface area contributed by atoms with Gasteiger partial charge < -0.3 is 9.73 Å². The van der Waals surface area contributed by atoms with E-state index in [4.69, 9.17) is 4.42 Å². The Hall–Kier alpha value is -3.61. The summed E-state index contributed by atoms with van der Waals surface area (Å²) in [4.78, 5) is 20.5. The third kappa shape index (κ3) is 3.88. The van der Waals surface area contributed by atoms with Gasteiger partial charge in [0.15, 0.2) is 11.7 Å². The molecule has 28 heavy (non-hydrogen) atoms. The number of halogens is 2. The Morgan fingerprint density at radius 3 is 2.75 bits per heavy atom. The van der Waals surface area contributed by atoms with Crippen molar-refractivity contribution in [2.24, 2.45) is 0 Å². The number of hydrogen-bond acceptors (Lipinski definition) is 4. The molecule has 0 atom stereocenters. The first-order valence-corrected chi connectivity index (χ1v) is 8.63. The Bertz CT molecular complexity index is 1160. The van der Waals surface area contributed by atoms with Crippen LogP contribution >= 0.6 is 0 Å². The van der Waals surface area contributed by atoms with Crippen LogP contribution in [0.25, 0.3) is 22.2 Å². The van der Waals surface area contributed by atoms with E-state index in [-0.39, 0.29) is 30.1 Å². The lowest BCUT2D eigenvalue weighted by Crippen LogP contribution is -2.12. The Morgan fingerprint density at radius 1 is 1.04 bits per heavy atom. The minimum absolute atomic E-state index is 0.117. The number of pyridine rings is 1. The fourth-order valence-electron chi connectivity index (χ4n) is 2.82. The number of fused-ring (bicyclic) bond motifs is 1. The topological polar surface area (TPSA) is 68.0 Å². The van der Waals surface area contributed by atoms with Crippen LogP contribution in [-0.2, 0) is 11.2 Å². The average Bonchev–Trinajstić information content (AvgIpc) is 3.15. The minimum atomic E-state index is -0.732. The molecule has 2 aromatic heterocycles. The normalized spacial score (nSPS) is 10.9. The molecule has 140 valence electrons. The van der Waals surface area contributed by atoms with Gasteiger partial charge in [-0.3, -0.25) is 9.78 Å². The molecular formula is C21H15F2N3O2. The molecule has 2 aromatic carbocycles. The summed E-state index contributed by atoms with van der Waals surface area (Å²) in [5, 5.41) is 3.72. The van der Waals surface area contributed by atoms with Gasteiger partial charge in [0, 0.05) is 24.3 Å². The number of amides is 1. The Labute approximate surface area is 159 Å². The van der Waals surface area contributed by atoms with E-state index in [1.165, 1.54) is 12.3 Å². The number of para-hydroxylation sites is 1. The molecule has 4 rings (SSSR count). The molecule has 7 heteroatoms. The SMILES string of the molecule is O=C(CCc1ncc(-c2ccc(F)cc2F)o1)Nc1cnc2ccccc2c1. The van der Waals surface area contributed by atoms with Gasteiger partial charge in [0.2, 0.25) is 5.91 Å². The standard InChI is InChI=1S/C21H15F2N3O2/c22-14-5-6-16(17(23)10-14)19-12-25-21(28-19)8-7-20(27)26-15-9-13-3-1-2-4-18(13)24-11-15/h1-6,9-12H,7-8H2,(H,26,27). The van der Waals surface area contributed by atoms with Crippen molar-refractivity contribution in [1.29, 1.82) is 0 Å². The average molecular weight is 379 g/mol. The maximum Gasteiger partial charge on any atom is 0.224 e. The van der Waals surface area contributed by atoms with Crippen molar-refractivity contribution in [3.8, 4) is 11.3 Å². The number of nitrogens with one attached hydrogen (secondary N) is 1. The highest BCUT2D eigenvalue weighted by molar-refractivity contribution is 5.93. The number of nitrogens with zero attached hydrogens (tertiary/aromatic N) is 2. The maximum atomic E-state index is 13.8. The number of hydrogen-bond donors (Lipinski definition) is 1. The van der Waals surface area contributed by atoms with Crippen molar-refractivity contribution in [3.05, 3.63) is 78.4 Å². The van der Waals surface area contributed by atoms with Gasteiger partial charge in [-0.15, -0.1) is 0 Å². The van der Waals surface area contributed by atoms with Gasteiger partial charge in [-0.25, -0.2) is 13.8 Å². The van der Waals surface area contributed by atoms with Gasteiger partial charge >= 0.3 is 0 Å². The number of anilines is 1. The van der Waals surface area contributed by atoms with Gasteiger partial charge in [-0.1, -0.05) is 18.2 Å². The number of aromatic nitrogens is 2. The Kier molecular flexibility index (Phi) is 4.80. The number of oxazole rings is 1. The van der Waals surface area contributed by atoms with Crippen LogP contribution in [-0.4, -0.2) is 15.9 Å². The lowest BCUT2D eigenvalue weighted by atomic mass is 10.2. The zero-order valence-electron chi connectivity index (χ0n) is 14.7. The molecule has 4 aromatic rings. The van der Waals surface area contributed by atoms with Crippen LogP contribution in [0.2, 0.25) is 0 Å². The molecule has 0 spiro atoms.